The number of likely N-dealkylation sites (tertiary alicyclic amines) is 1. The van der Waals surface area contributed by atoms with Crippen molar-refractivity contribution >= 4 is 0 Å². The maximum atomic E-state index is 4.64. The molecule has 4 heteroatoms. The van der Waals surface area contributed by atoms with Crippen LogP contribution in [-0.4, -0.2) is 38.6 Å². The molecule has 4 nitrogen and oxygen atoms in total. The van der Waals surface area contributed by atoms with Gasteiger partial charge in [-0.25, -0.2) is 4.98 Å². The van der Waals surface area contributed by atoms with Gasteiger partial charge in [-0.2, -0.15) is 0 Å². The van der Waals surface area contributed by atoms with Crippen LogP contribution in [0.5, 0.6) is 0 Å². The van der Waals surface area contributed by atoms with Crippen LogP contribution in [-0.2, 0) is 6.54 Å². The zero-order valence-corrected chi connectivity index (χ0v) is 14.7. The van der Waals surface area contributed by atoms with Crippen LogP contribution >= 0.6 is 0 Å². The van der Waals surface area contributed by atoms with E-state index in [1.54, 1.807) is 0 Å². The average molecular weight is 324 g/mol. The normalized spacial score (nSPS) is 20.7. The van der Waals surface area contributed by atoms with Gasteiger partial charge in [-0.05, 0) is 31.9 Å². The quantitative estimate of drug-likeness (QED) is 0.800. The Morgan fingerprint density at radius 1 is 1.04 bits per heavy atom. The summed E-state index contributed by atoms with van der Waals surface area (Å²) in [6, 6.07) is 4.96. The van der Waals surface area contributed by atoms with Gasteiger partial charge in [0.05, 0.1) is 0 Å². The zero-order valence-electron chi connectivity index (χ0n) is 14.7. The second kappa shape index (κ2) is 7.06. The van der Waals surface area contributed by atoms with Gasteiger partial charge in [-0.3, -0.25) is 9.88 Å². The third-order valence-corrected chi connectivity index (χ3v) is 5.76. The summed E-state index contributed by atoms with van der Waals surface area (Å²) in [6.07, 6.45) is 14.3. The van der Waals surface area contributed by atoms with Crippen LogP contribution in [0, 0.1) is 12.8 Å². The van der Waals surface area contributed by atoms with Gasteiger partial charge in [0.2, 0.25) is 0 Å². The third kappa shape index (κ3) is 3.25. The third-order valence-electron chi connectivity index (χ3n) is 5.76. The van der Waals surface area contributed by atoms with Crippen LogP contribution in [0.1, 0.15) is 44.2 Å². The summed E-state index contributed by atoms with van der Waals surface area (Å²) in [6.45, 7) is 5.78. The van der Waals surface area contributed by atoms with Crippen molar-refractivity contribution in [1.29, 1.82) is 0 Å². The predicted molar refractivity (Wildman–Crippen MR) is 96.7 cm³/mol. The van der Waals surface area contributed by atoms with Gasteiger partial charge < -0.3 is 4.57 Å². The Bertz CT molecular complexity index is 650. The fraction of sp³-hybridized carbons (Fsp3) is 0.600. The lowest BCUT2D eigenvalue weighted by Gasteiger charge is -2.44. The Kier molecular flexibility index (Phi) is 4.65. The SMILES string of the molecule is Cc1cnc(-c2ccncc2)n1CC1CN(C2CCCCCC2)C1. The van der Waals surface area contributed by atoms with E-state index < -0.39 is 0 Å². The molecule has 2 aromatic heterocycles. The Morgan fingerprint density at radius 2 is 1.75 bits per heavy atom. The number of hydrogen-bond acceptors (Lipinski definition) is 3. The molecule has 2 aromatic rings. The summed E-state index contributed by atoms with van der Waals surface area (Å²) in [5.74, 6) is 1.85. The van der Waals surface area contributed by atoms with Crippen molar-refractivity contribution < 1.29 is 0 Å². The minimum Gasteiger partial charge on any atom is -0.328 e. The van der Waals surface area contributed by atoms with Gasteiger partial charge in [0, 0.05) is 61.4 Å². The largest absolute Gasteiger partial charge is 0.328 e. The van der Waals surface area contributed by atoms with E-state index in [0.717, 1.165) is 29.9 Å². The Balaban J connectivity index is 1.40. The maximum absolute atomic E-state index is 4.64. The molecule has 3 heterocycles. The van der Waals surface area contributed by atoms with Gasteiger partial charge in [0.1, 0.15) is 5.82 Å². The molecule has 1 saturated heterocycles. The minimum absolute atomic E-state index is 0.766. The highest BCUT2D eigenvalue weighted by Gasteiger charge is 2.33. The van der Waals surface area contributed by atoms with E-state index in [2.05, 4.69) is 38.5 Å². The summed E-state index contributed by atoms with van der Waals surface area (Å²) in [5, 5.41) is 0. The first kappa shape index (κ1) is 15.8. The van der Waals surface area contributed by atoms with Crippen molar-refractivity contribution in [2.24, 2.45) is 5.92 Å². The Morgan fingerprint density at radius 3 is 2.46 bits per heavy atom. The van der Waals surface area contributed by atoms with Gasteiger partial charge in [-0.1, -0.05) is 25.7 Å². The highest BCUT2D eigenvalue weighted by atomic mass is 15.2. The molecule has 24 heavy (non-hydrogen) atoms. The summed E-state index contributed by atoms with van der Waals surface area (Å²) >= 11 is 0. The number of aryl methyl sites for hydroxylation is 1. The van der Waals surface area contributed by atoms with E-state index in [9.17, 15) is 0 Å². The Labute approximate surface area is 144 Å². The zero-order chi connectivity index (χ0) is 16.4. The van der Waals surface area contributed by atoms with E-state index in [0.29, 0.717) is 0 Å². The van der Waals surface area contributed by atoms with Crippen molar-refractivity contribution in [2.45, 2.75) is 58.0 Å². The fourth-order valence-corrected chi connectivity index (χ4v) is 4.33. The van der Waals surface area contributed by atoms with Crippen LogP contribution < -0.4 is 0 Å². The number of imidazole rings is 1. The lowest BCUT2D eigenvalue weighted by molar-refractivity contribution is 0.0366. The second-order valence-electron chi connectivity index (χ2n) is 7.53. The highest BCUT2D eigenvalue weighted by Crippen LogP contribution is 2.30. The van der Waals surface area contributed by atoms with Gasteiger partial charge in [0.25, 0.3) is 0 Å². The molecular weight excluding hydrogens is 296 g/mol. The maximum Gasteiger partial charge on any atom is 0.140 e. The number of nitrogens with zero attached hydrogens (tertiary/aromatic N) is 4. The van der Waals surface area contributed by atoms with Crippen LogP contribution in [0.4, 0.5) is 0 Å². The van der Waals surface area contributed by atoms with Crippen LogP contribution in [0.25, 0.3) is 11.4 Å². The van der Waals surface area contributed by atoms with Crippen LogP contribution in [0.15, 0.2) is 30.7 Å². The first-order valence-electron chi connectivity index (χ1n) is 9.48. The number of pyridine rings is 1. The number of hydrogen-bond donors (Lipinski definition) is 0. The van der Waals surface area contributed by atoms with Gasteiger partial charge in [-0.15, -0.1) is 0 Å². The second-order valence-corrected chi connectivity index (χ2v) is 7.53. The summed E-state index contributed by atoms with van der Waals surface area (Å²) in [5.41, 5.74) is 2.42. The van der Waals surface area contributed by atoms with Crippen molar-refractivity contribution in [3.63, 3.8) is 0 Å². The molecule has 4 rings (SSSR count). The molecule has 0 unspecified atom stereocenters. The number of rotatable bonds is 4. The molecule has 2 fully saturated rings. The van der Waals surface area contributed by atoms with E-state index >= 15 is 0 Å². The van der Waals surface area contributed by atoms with Crippen LogP contribution in [0.2, 0.25) is 0 Å². The molecule has 0 radical (unpaired) electrons. The molecule has 2 aliphatic rings. The molecule has 0 atom stereocenters. The van der Waals surface area contributed by atoms with Crippen molar-refractivity contribution in [3.05, 3.63) is 36.4 Å². The first-order chi connectivity index (χ1) is 11.8. The topological polar surface area (TPSA) is 34.0 Å². The minimum atomic E-state index is 0.766. The standard InChI is InChI=1S/C20H28N4/c1-16-12-22-20(18-8-10-21-11-9-18)24(16)15-17-13-23(14-17)19-6-4-2-3-5-7-19/h8-12,17,19H,2-7,13-15H2,1H3. The lowest BCUT2D eigenvalue weighted by atomic mass is 9.94. The summed E-state index contributed by atoms with van der Waals surface area (Å²) in [4.78, 5) is 11.5. The van der Waals surface area contributed by atoms with Crippen LogP contribution in [0.3, 0.4) is 0 Å². The van der Waals surface area contributed by atoms with E-state index in [1.807, 2.05) is 18.6 Å². The van der Waals surface area contributed by atoms with Crippen molar-refractivity contribution in [1.82, 2.24) is 19.4 Å². The highest BCUT2D eigenvalue weighted by molar-refractivity contribution is 5.55. The smallest absolute Gasteiger partial charge is 0.140 e. The molecule has 0 spiro atoms. The molecule has 128 valence electrons. The molecule has 1 aliphatic carbocycles. The van der Waals surface area contributed by atoms with Crippen molar-refractivity contribution in [2.75, 3.05) is 13.1 Å². The van der Waals surface area contributed by atoms with E-state index in [4.69, 9.17) is 0 Å². The van der Waals surface area contributed by atoms with E-state index in [1.165, 1.54) is 57.3 Å². The summed E-state index contributed by atoms with van der Waals surface area (Å²) in [7, 11) is 0. The predicted octanol–water partition coefficient (Wildman–Crippen LogP) is 3.91. The average Bonchev–Trinajstić information content (AvgIpc) is 2.77. The molecule has 0 aromatic carbocycles. The molecular formula is C20H28N4. The molecule has 1 aliphatic heterocycles. The van der Waals surface area contributed by atoms with Gasteiger partial charge >= 0.3 is 0 Å². The first-order valence-corrected chi connectivity index (χ1v) is 9.48. The molecule has 0 amide bonds. The van der Waals surface area contributed by atoms with Crippen molar-refractivity contribution in [3.8, 4) is 11.4 Å². The van der Waals surface area contributed by atoms with Gasteiger partial charge in [0.15, 0.2) is 0 Å². The molecule has 0 bridgehead atoms. The summed E-state index contributed by atoms with van der Waals surface area (Å²) < 4.78 is 2.39. The number of aromatic nitrogens is 3. The monoisotopic (exact) mass is 324 g/mol. The van der Waals surface area contributed by atoms with E-state index in [-0.39, 0.29) is 0 Å². The fourth-order valence-electron chi connectivity index (χ4n) is 4.33. The molecule has 0 N–H and O–H groups in total. The lowest BCUT2D eigenvalue weighted by Crippen LogP contribution is -2.53. The molecule has 1 saturated carbocycles. The Hall–Kier alpha value is -1.68.